The maximum Gasteiger partial charge on any atom is 0.284 e. The average molecular weight is 413 g/mol. The van der Waals surface area contributed by atoms with E-state index in [2.05, 4.69) is 4.57 Å². The highest BCUT2D eigenvalue weighted by Crippen LogP contribution is 2.41. The summed E-state index contributed by atoms with van der Waals surface area (Å²) in [6, 6.07) is 23.7. The molecule has 4 rings (SSSR count). The minimum absolute atomic E-state index is 0. The minimum atomic E-state index is -1.15. The van der Waals surface area contributed by atoms with E-state index in [1.807, 2.05) is 90.8 Å². The second-order valence-corrected chi connectivity index (χ2v) is 6.13. The Morgan fingerprint density at radius 3 is 2.38 bits per heavy atom. The van der Waals surface area contributed by atoms with Gasteiger partial charge in [-0.1, -0.05) is 24.3 Å². The number of hydrogen-bond donors (Lipinski definition) is 1. The lowest BCUT2D eigenvalue weighted by atomic mass is 10.0. The molecule has 26 heavy (non-hydrogen) atoms. The first-order valence-electron chi connectivity index (χ1n) is 8.52. The van der Waals surface area contributed by atoms with Gasteiger partial charge < -0.3 is 26.8 Å². The number of benzene rings is 2. The first-order chi connectivity index (χ1) is 12.2. The van der Waals surface area contributed by atoms with Crippen molar-refractivity contribution in [3.05, 3.63) is 84.6 Å². The van der Waals surface area contributed by atoms with Crippen molar-refractivity contribution in [1.29, 1.82) is 0 Å². The standard InChI is InChI=1S/C21H21N2O2.BrH/c1-2-25-19-13-11-17(12-14-19)21(24)16-22-15-7-6-10-20(22)23(21)18-8-4-3-5-9-18;/h3-15,24H,2,16H2,1H3;1H/q+1;/p-1. The monoisotopic (exact) mass is 412 g/mol. The van der Waals surface area contributed by atoms with Crippen LogP contribution in [0.25, 0.3) is 0 Å². The van der Waals surface area contributed by atoms with Gasteiger partial charge in [-0.15, -0.1) is 0 Å². The van der Waals surface area contributed by atoms with Crippen LogP contribution in [-0.2, 0) is 12.3 Å². The van der Waals surface area contributed by atoms with Gasteiger partial charge in [-0.3, -0.25) is 0 Å². The van der Waals surface area contributed by atoms with Crippen molar-refractivity contribution in [3.63, 3.8) is 0 Å². The molecule has 0 saturated carbocycles. The van der Waals surface area contributed by atoms with E-state index < -0.39 is 5.72 Å². The zero-order chi connectivity index (χ0) is 17.3. The van der Waals surface area contributed by atoms with Crippen molar-refractivity contribution in [2.45, 2.75) is 19.2 Å². The molecule has 3 aromatic rings. The molecular formula is C21H21BrN2O2. The van der Waals surface area contributed by atoms with Gasteiger partial charge in [0.25, 0.3) is 11.5 Å². The number of halogens is 1. The number of aromatic nitrogens is 1. The molecular weight excluding hydrogens is 392 g/mol. The third-order valence-electron chi connectivity index (χ3n) is 4.55. The second-order valence-electron chi connectivity index (χ2n) is 6.13. The second kappa shape index (κ2) is 7.48. The number of fused-ring (bicyclic) bond motifs is 1. The Morgan fingerprint density at radius 1 is 1.00 bits per heavy atom. The lowest BCUT2D eigenvalue weighted by molar-refractivity contribution is -0.683. The number of hydrogen-bond acceptors (Lipinski definition) is 3. The third kappa shape index (κ3) is 3.08. The van der Waals surface area contributed by atoms with Gasteiger partial charge in [0.15, 0.2) is 6.54 Å². The van der Waals surface area contributed by atoms with Gasteiger partial charge in [-0.2, -0.15) is 4.90 Å². The van der Waals surface area contributed by atoms with Crippen LogP contribution in [0.2, 0.25) is 0 Å². The number of ether oxygens (including phenoxy) is 1. The molecule has 4 nitrogen and oxygen atoms in total. The number of anilines is 2. The van der Waals surface area contributed by atoms with E-state index in [1.165, 1.54) is 0 Å². The van der Waals surface area contributed by atoms with Crippen molar-refractivity contribution in [2.75, 3.05) is 11.5 Å². The van der Waals surface area contributed by atoms with E-state index in [0.29, 0.717) is 13.2 Å². The SMILES string of the molecule is CCOc1ccc(C2(O)C[n+]3ccccc3N2c2ccccc2)cc1.[Br-]. The van der Waals surface area contributed by atoms with E-state index in [4.69, 9.17) is 4.74 Å². The minimum Gasteiger partial charge on any atom is -1.00 e. The number of aliphatic hydroxyl groups is 1. The Labute approximate surface area is 164 Å². The molecule has 0 aliphatic carbocycles. The zero-order valence-corrected chi connectivity index (χ0v) is 16.1. The first-order valence-corrected chi connectivity index (χ1v) is 8.52. The van der Waals surface area contributed by atoms with Crippen molar-refractivity contribution >= 4 is 11.5 Å². The Balaban J connectivity index is 0.00000196. The summed E-state index contributed by atoms with van der Waals surface area (Å²) in [4.78, 5) is 1.99. The smallest absolute Gasteiger partial charge is 0.284 e. The number of pyridine rings is 1. The van der Waals surface area contributed by atoms with E-state index in [9.17, 15) is 5.11 Å². The number of rotatable bonds is 4. The highest BCUT2D eigenvalue weighted by molar-refractivity contribution is 5.62. The zero-order valence-electron chi connectivity index (χ0n) is 14.5. The van der Waals surface area contributed by atoms with Gasteiger partial charge in [0.1, 0.15) is 11.4 Å². The third-order valence-corrected chi connectivity index (χ3v) is 4.55. The lowest BCUT2D eigenvalue weighted by Gasteiger charge is -2.27. The molecule has 1 unspecified atom stereocenters. The molecule has 1 atom stereocenters. The van der Waals surface area contributed by atoms with Gasteiger partial charge in [0.05, 0.1) is 12.8 Å². The van der Waals surface area contributed by atoms with Crippen LogP contribution in [-0.4, -0.2) is 11.7 Å². The Hall–Kier alpha value is -2.37. The molecule has 0 saturated heterocycles. The van der Waals surface area contributed by atoms with E-state index in [-0.39, 0.29) is 17.0 Å². The van der Waals surface area contributed by atoms with Crippen molar-refractivity contribution in [2.24, 2.45) is 0 Å². The lowest BCUT2D eigenvalue weighted by Crippen LogP contribution is -3.00. The van der Waals surface area contributed by atoms with Crippen LogP contribution in [0.1, 0.15) is 12.5 Å². The molecule has 1 N–H and O–H groups in total. The number of nitrogens with zero attached hydrogens (tertiary/aromatic N) is 2. The molecule has 0 radical (unpaired) electrons. The van der Waals surface area contributed by atoms with Crippen LogP contribution in [0.15, 0.2) is 79.0 Å². The molecule has 2 aromatic carbocycles. The Morgan fingerprint density at radius 2 is 1.69 bits per heavy atom. The van der Waals surface area contributed by atoms with E-state index in [0.717, 1.165) is 22.8 Å². The normalized spacial score (nSPS) is 18.2. The van der Waals surface area contributed by atoms with Gasteiger partial charge in [0, 0.05) is 11.6 Å². The summed E-state index contributed by atoms with van der Waals surface area (Å²) in [7, 11) is 0. The summed E-state index contributed by atoms with van der Waals surface area (Å²) >= 11 is 0. The predicted molar refractivity (Wildman–Crippen MR) is 96.7 cm³/mol. The summed E-state index contributed by atoms with van der Waals surface area (Å²) in [5.41, 5.74) is 0.639. The molecule has 1 aliphatic rings. The van der Waals surface area contributed by atoms with Gasteiger partial charge in [0.2, 0.25) is 0 Å². The number of para-hydroxylation sites is 1. The van der Waals surface area contributed by atoms with Gasteiger partial charge >= 0.3 is 0 Å². The summed E-state index contributed by atoms with van der Waals surface area (Å²) in [5, 5.41) is 11.7. The van der Waals surface area contributed by atoms with Gasteiger partial charge in [-0.25, -0.2) is 4.57 Å². The summed E-state index contributed by atoms with van der Waals surface area (Å²) in [6.45, 7) is 3.05. The Bertz CT molecular complexity index is 871. The van der Waals surface area contributed by atoms with Gasteiger partial charge in [-0.05, 0) is 49.4 Å². The van der Waals surface area contributed by atoms with Crippen LogP contribution in [0, 0.1) is 0 Å². The largest absolute Gasteiger partial charge is 1.00 e. The Kier molecular flexibility index (Phi) is 5.30. The average Bonchev–Trinajstić information content (AvgIpc) is 2.96. The first kappa shape index (κ1) is 18.4. The topological polar surface area (TPSA) is 36.6 Å². The van der Waals surface area contributed by atoms with Crippen LogP contribution in [0.3, 0.4) is 0 Å². The maximum absolute atomic E-state index is 11.7. The molecule has 2 heterocycles. The highest BCUT2D eigenvalue weighted by Gasteiger charge is 2.52. The molecule has 0 fully saturated rings. The van der Waals surface area contributed by atoms with Crippen LogP contribution >= 0.6 is 0 Å². The summed E-state index contributed by atoms with van der Waals surface area (Å²) in [6.07, 6.45) is 2.00. The fourth-order valence-electron chi connectivity index (χ4n) is 3.43. The molecule has 0 bridgehead atoms. The fraction of sp³-hybridized carbons (Fsp3) is 0.190. The molecule has 1 aliphatic heterocycles. The van der Waals surface area contributed by atoms with E-state index in [1.54, 1.807) is 0 Å². The fourth-order valence-corrected chi connectivity index (χ4v) is 3.43. The highest BCUT2D eigenvalue weighted by atomic mass is 79.9. The quantitative estimate of drug-likeness (QED) is 0.629. The maximum atomic E-state index is 11.7. The van der Waals surface area contributed by atoms with Crippen molar-refractivity contribution in [1.82, 2.24) is 0 Å². The van der Waals surface area contributed by atoms with Crippen LogP contribution in [0.4, 0.5) is 11.5 Å². The molecule has 0 spiro atoms. The molecule has 134 valence electrons. The summed E-state index contributed by atoms with van der Waals surface area (Å²) < 4.78 is 7.60. The summed E-state index contributed by atoms with van der Waals surface area (Å²) in [5.74, 6) is 1.77. The molecule has 5 heteroatoms. The van der Waals surface area contributed by atoms with E-state index >= 15 is 0 Å². The van der Waals surface area contributed by atoms with Crippen molar-refractivity contribution in [3.8, 4) is 5.75 Å². The van der Waals surface area contributed by atoms with Crippen molar-refractivity contribution < 1.29 is 31.4 Å². The molecule has 1 aromatic heterocycles. The van der Waals surface area contributed by atoms with Crippen LogP contribution in [0.5, 0.6) is 5.75 Å². The molecule has 0 amide bonds. The van der Waals surface area contributed by atoms with Crippen LogP contribution < -0.4 is 31.2 Å². The predicted octanol–water partition coefficient (Wildman–Crippen LogP) is 0.374.